The highest BCUT2D eigenvalue weighted by Crippen LogP contribution is 2.33. The van der Waals surface area contributed by atoms with Crippen LogP contribution in [0.4, 0.5) is 14.5 Å². The summed E-state index contributed by atoms with van der Waals surface area (Å²) < 4.78 is 35.6. The number of carbonyl (C=O) groups is 2. The van der Waals surface area contributed by atoms with Gasteiger partial charge in [0, 0.05) is 23.6 Å². The minimum absolute atomic E-state index is 0.0228. The zero-order valence-electron chi connectivity index (χ0n) is 20.2. The van der Waals surface area contributed by atoms with Gasteiger partial charge in [-0.1, -0.05) is 26.0 Å². The average Bonchev–Trinajstić information content (AvgIpc) is 2.84. The van der Waals surface area contributed by atoms with Crippen molar-refractivity contribution in [1.82, 2.24) is 5.01 Å². The highest BCUT2D eigenvalue weighted by molar-refractivity contribution is 6.03. The smallest absolute Gasteiger partial charge is 0.387 e. The molecule has 2 unspecified atom stereocenters. The number of aldehydes is 1. The van der Waals surface area contributed by atoms with Crippen molar-refractivity contribution in [3.63, 3.8) is 0 Å². The van der Waals surface area contributed by atoms with E-state index in [0.717, 1.165) is 24.7 Å². The summed E-state index contributed by atoms with van der Waals surface area (Å²) in [6, 6.07) is 11.8. The summed E-state index contributed by atoms with van der Waals surface area (Å²) >= 11 is 0. The summed E-state index contributed by atoms with van der Waals surface area (Å²) in [5.41, 5.74) is 2.96. The summed E-state index contributed by atoms with van der Waals surface area (Å²) in [5, 5.41) is 9.36. The molecule has 0 saturated carbocycles. The molecule has 0 bridgehead atoms. The molecule has 35 heavy (non-hydrogen) atoms. The molecule has 188 valence electrons. The maximum absolute atomic E-state index is 12.9. The summed E-state index contributed by atoms with van der Waals surface area (Å²) in [7, 11) is 1.39. The fourth-order valence-electron chi connectivity index (χ4n) is 4.11. The van der Waals surface area contributed by atoms with E-state index < -0.39 is 12.7 Å². The molecule has 7 nitrogen and oxygen atoms in total. The Kier molecular flexibility index (Phi) is 9.17. The number of halogens is 2. The molecule has 0 fully saturated rings. The molecule has 0 radical (unpaired) electrons. The molecule has 2 aromatic rings. The molecule has 1 aliphatic rings. The topological polar surface area (TPSA) is 80.2 Å². The minimum atomic E-state index is -2.99. The second kappa shape index (κ2) is 12.3. The van der Waals surface area contributed by atoms with Crippen LogP contribution < -0.4 is 14.8 Å². The van der Waals surface area contributed by atoms with Crippen molar-refractivity contribution in [1.29, 1.82) is 0 Å². The summed E-state index contributed by atoms with van der Waals surface area (Å²) in [6.45, 7) is 1.34. The maximum atomic E-state index is 12.9. The Hall–Kier alpha value is -3.49. The first-order valence-corrected chi connectivity index (χ1v) is 11.7. The lowest BCUT2D eigenvalue weighted by Gasteiger charge is -2.35. The van der Waals surface area contributed by atoms with Gasteiger partial charge < -0.3 is 19.6 Å². The summed E-state index contributed by atoms with van der Waals surface area (Å²) in [6.07, 6.45) is 3.42. The lowest BCUT2D eigenvalue weighted by Crippen LogP contribution is -2.41. The second-order valence-corrected chi connectivity index (χ2v) is 8.37. The number of hydrogen-bond donors (Lipinski definition) is 1. The third-order valence-electron chi connectivity index (χ3n) is 5.92. The standard InChI is InChI=1S/C26H31F2N3O4/c1-4-6-24(33)29-20-10-7-17(8-11-20)15-31-21(16-32)13-18(5-2)25(30-31)19-9-12-22(34-3)23(14-19)35-26(27)28/h7-12,14,16,18,21,26H,4-6,13,15H2,1-3H3,(H,29,33). The van der Waals surface area contributed by atoms with Crippen LogP contribution in [0.15, 0.2) is 47.6 Å². The largest absolute Gasteiger partial charge is 0.493 e. The third-order valence-corrected chi connectivity index (χ3v) is 5.92. The average molecular weight is 488 g/mol. The summed E-state index contributed by atoms with van der Waals surface area (Å²) in [5.74, 6) is 0.0757. The van der Waals surface area contributed by atoms with Gasteiger partial charge in [-0.15, -0.1) is 0 Å². The fourth-order valence-corrected chi connectivity index (χ4v) is 4.11. The van der Waals surface area contributed by atoms with Crippen molar-refractivity contribution in [2.45, 2.75) is 58.7 Å². The number of alkyl halides is 2. The van der Waals surface area contributed by atoms with Crippen LogP contribution in [-0.2, 0) is 16.1 Å². The van der Waals surface area contributed by atoms with Crippen molar-refractivity contribution in [2.24, 2.45) is 11.0 Å². The van der Waals surface area contributed by atoms with Crippen molar-refractivity contribution in [3.05, 3.63) is 53.6 Å². The normalized spacial score (nSPS) is 17.7. The summed E-state index contributed by atoms with van der Waals surface area (Å²) in [4.78, 5) is 23.7. The SMILES string of the molecule is CCCC(=O)Nc1ccc(CN2N=C(c3ccc(OC)c(OC(F)F)c3)C(CC)CC2C=O)cc1. The molecule has 0 aromatic heterocycles. The number of nitrogens with zero attached hydrogens (tertiary/aromatic N) is 2. The third kappa shape index (κ3) is 6.77. The lowest BCUT2D eigenvalue weighted by molar-refractivity contribution is -0.116. The minimum Gasteiger partial charge on any atom is -0.493 e. The van der Waals surface area contributed by atoms with Gasteiger partial charge in [-0.3, -0.25) is 9.80 Å². The van der Waals surface area contributed by atoms with Crippen LogP contribution in [0.2, 0.25) is 0 Å². The number of amides is 1. The zero-order valence-corrected chi connectivity index (χ0v) is 20.2. The Morgan fingerprint density at radius 3 is 2.54 bits per heavy atom. The van der Waals surface area contributed by atoms with Gasteiger partial charge in [0.15, 0.2) is 11.5 Å². The molecule has 0 spiro atoms. The van der Waals surface area contributed by atoms with Gasteiger partial charge in [-0.05, 0) is 55.2 Å². The molecular formula is C26H31F2N3O4. The van der Waals surface area contributed by atoms with Crippen molar-refractivity contribution < 1.29 is 27.8 Å². The van der Waals surface area contributed by atoms with Crippen LogP contribution in [0.5, 0.6) is 11.5 Å². The molecule has 3 rings (SSSR count). The Balaban J connectivity index is 1.87. The highest BCUT2D eigenvalue weighted by atomic mass is 19.3. The molecule has 1 aliphatic heterocycles. The first-order chi connectivity index (χ1) is 16.9. The number of rotatable bonds is 11. The van der Waals surface area contributed by atoms with Crippen LogP contribution in [0.25, 0.3) is 0 Å². The Bertz CT molecular complexity index is 1040. The number of anilines is 1. The van der Waals surface area contributed by atoms with E-state index in [-0.39, 0.29) is 23.3 Å². The van der Waals surface area contributed by atoms with Gasteiger partial charge >= 0.3 is 6.61 Å². The maximum Gasteiger partial charge on any atom is 0.387 e. The van der Waals surface area contributed by atoms with E-state index in [2.05, 4.69) is 10.1 Å². The quantitative estimate of drug-likeness (QED) is 0.439. The van der Waals surface area contributed by atoms with Gasteiger partial charge in [-0.2, -0.15) is 13.9 Å². The number of hydrogen-bond acceptors (Lipinski definition) is 6. The molecule has 2 atom stereocenters. The predicted molar refractivity (Wildman–Crippen MR) is 130 cm³/mol. The van der Waals surface area contributed by atoms with E-state index in [1.165, 1.54) is 13.2 Å². The van der Waals surface area contributed by atoms with Crippen LogP contribution >= 0.6 is 0 Å². The van der Waals surface area contributed by atoms with Crippen molar-refractivity contribution in [2.75, 3.05) is 12.4 Å². The number of benzene rings is 2. The van der Waals surface area contributed by atoms with Crippen LogP contribution in [0.1, 0.15) is 50.7 Å². The van der Waals surface area contributed by atoms with Gasteiger partial charge in [0.05, 0.1) is 19.4 Å². The monoisotopic (exact) mass is 487 g/mol. The molecule has 1 N–H and O–H groups in total. The van der Waals surface area contributed by atoms with E-state index >= 15 is 0 Å². The van der Waals surface area contributed by atoms with Crippen molar-refractivity contribution in [3.8, 4) is 11.5 Å². The second-order valence-electron chi connectivity index (χ2n) is 8.37. The number of ether oxygens (including phenoxy) is 2. The lowest BCUT2D eigenvalue weighted by atomic mass is 9.87. The number of methoxy groups -OCH3 is 1. The fraction of sp³-hybridized carbons (Fsp3) is 0.423. The van der Waals surface area contributed by atoms with Gasteiger partial charge in [-0.25, -0.2) is 0 Å². The zero-order chi connectivity index (χ0) is 25.4. The van der Waals surface area contributed by atoms with Crippen molar-refractivity contribution >= 4 is 23.6 Å². The van der Waals surface area contributed by atoms with Crippen LogP contribution in [0, 0.1) is 5.92 Å². The predicted octanol–water partition coefficient (Wildman–Crippen LogP) is 5.24. The van der Waals surface area contributed by atoms with E-state index in [4.69, 9.17) is 9.84 Å². The molecule has 0 aliphatic carbocycles. The molecule has 0 saturated heterocycles. The Labute approximate surface area is 204 Å². The first-order valence-electron chi connectivity index (χ1n) is 11.7. The van der Waals surface area contributed by atoms with Gasteiger partial charge in [0.25, 0.3) is 0 Å². The van der Waals surface area contributed by atoms with Gasteiger partial charge in [0.1, 0.15) is 12.3 Å². The molecule has 9 heteroatoms. The van der Waals surface area contributed by atoms with E-state index in [1.54, 1.807) is 17.1 Å². The highest BCUT2D eigenvalue weighted by Gasteiger charge is 2.31. The Morgan fingerprint density at radius 2 is 1.94 bits per heavy atom. The molecule has 2 aromatic carbocycles. The van der Waals surface area contributed by atoms with E-state index in [0.29, 0.717) is 36.3 Å². The first kappa shape index (κ1) is 26.1. The van der Waals surface area contributed by atoms with Gasteiger partial charge in [0.2, 0.25) is 5.91 Å². The molecule has 1 amide bonds. The Morgan fingerprint density at radius 1 is 1.20 bits per heavy atom. The molecular weight excluding hydrogens is 456 g/mol. The van der Waals surface area contributed by atoms with E-state index in [1.807, 2.05) is 38.1 Å². The number of hydrazone groups is 1. The van der Waals surface area contributed by atoms with E-state index in [9.17, 15) is 18.4 Å². The number of carbonyl (C=O) groups excluding carboxylic acids is 2. The number of nitrogens with one attached hydrogen (secondary N) is 1. The van der Waals surface area contributed by atoms with Crippen LogP contribution in [0.3, 0.4) is 0 Å². The van der Waals surface area contributed by atoms with Crippen LogP contribution in [-0.4, -0.2) is 42.7 Å². The molecule has 1 heterocycles.